The van der Waals surface area contributed by atoms with Crippen molar-refractivity contribution < 1.29 is 9.53 Å². The predicted molar refractivity (Wildman–Crippen MR) is 138 cm³/mol. The first kappa shape index (κ1) is 23.6. The van der Waals surface area contributed by atoms with Gasteiger partial charge in [0.25, 0.3) is 5.56 Å². The van der Waals surface area contributed by atoms with Gasteiger partial charge in [0.1, 0.15) is 11.0 Å². The number of fused-ring (bicyclic) bond motifs is 1. The van der Waals surface area contributed by atoms with Crippen LogP contribution in [0.4, 0.5) is 5.69 Å². The van der Waals surface area contributed by atoms with Crippen LogP contribution in [-0.2, 0) is 4.79 Å². The molecule has 0 radical (unpaired) electrons. The number of ether oxygens (including phenoxy) is 1. The van der Waals surface area contributed by atoms with Crippen LogP contribution in [-0.4, -0.2) is 22.6 Å². The number of benzene rings is 3. The lowest BCUT2D eigenvalue weighted by Crippen LogP contribution is -2.26. The lowest BCUT2D eigenvalue weighted by Gasteiger charge is -2.21. The third-order valence-electron chi connectivity index (χ3n) is 5.47. The first-order chi connectivity index (χ1) is 16.4. The molecule has 34 heavy (non-hydrogen) atoms. The molecule has 1 unspecified atom stereocenters. The number of hydrogen-bond donors (Lipinski definition) is 1. The molecule has 4 rings (SSSR count). The van der Waals surface area contributed by atoms with E-state index < -0.39 is 5.25 Å². The van der Waals surface area contributed by atoms with Crippen LogP contribution in [0.2, 0.25) is 0 Å². The van der Waals surface area contributed by atoms with E-state index in [4.69, 9.17) is 9.72 Å². The molecule has 3 aromatic carbocycles. The molecule has 0 aliphatic carbocycles. The van der Waals surface area contributed by atoms with Crippen molar-refractivity contribution in [1.29, 1.82) is 0 Å². The molecule has 0 aliphatic rings. The van der Waals surface area contributed by atoms with E-state index in [0.717, 1.165) is 11.1 Å². The Morgan fingerprint density at radius 1 is 1.03 bits per heavy atom. The van der Waals surface area contributed by atoms with Gasteiger partial charge in [0.05, 0.1) is 23.7 Å². The average Bonchev–Trinajstić information content (AvgIpc) is 2.83. The molecule has 1 N–H and O–H groups in total. The molecule has 174 valence electrons. The number of methoxy groups -OCH3 is 1. The lowest BCUT2D eigenvalue weighted by atomic mass is 10.1. The summed E-state index contributed by atoms with van der Waals surface area (Å²) in [5.74, 6) is 0.358. The summed E-state index contributed by atoms with van der Waals surface area (Å²) in [7, 11) is 1.57. The third kappa shape index (κ3) is 4.84. The minimum atomic E-state index is -0.635. The molecule has 0 fully saturated rings. The van der Waals surface area contributed by atoms with Crippen molar-refractivity contribution in [2.45, 2.75) is 37.2 Å². The van der Waals surface area contributed by atoms with Crippen LogP contribution >= 0.6 is 11.8 Å². The van der Waals surface area contributed by atoms with Crippen LogP contribution in [0, 0.1) is 6.92 Å². The molecule has 7 heteroatoms. The van der Waals surface area contributed by atoms with Gasteiger partial charge in [0, 0.05) is 6.04 Å². The number of carbonyl (C=O) groups is 1. The van der Waals surface area contributed by atoms with Gasteiger partial charge in [-0.1, -0.05) is 60.3 Å². The Bertz CT molecular complexity index is 1380. The summed E-state index contributed by atoms with van der Waals surface area (Å²) >= 11 is 1.27. The number of rotatable bonds is 7. The number of carbonyl (C=O) groups excluding carboxylic acids is 1. The number of thioether (sulfide) groups is 1. The second-order valence-corrected chi connectivity index (χ2v) is 9.35. The summed E-state index contributed by atoms with van der Waals surface area (Å²) < 4.78 is 7.10. The number of amides is 1. The monoisotopic (exact) mass is 473 g/mol. The van der Waals surface area contributed by atoms with Gasteiger partial charge in [0.15, 0.2) is 5.16 Å². The maximum absolute atomic E-state index is 13.6. The Kier molecular flexibility index (Phi) is 7.03. The van der Waals surface area contributed by atoms with Crippen LogP contribution in [0.5, 0.6) is 5.75 Å². The summed E-state index contributed by atoms with van der Waals surface area (Å²) in [6.07, 6.45) is 0. The number of hydrogen-bond acceptors (Lipinski definition) is 5. The molecule has 1 amide bonds. The normalized spacial score (nSPS) is 12.0. The second kappa shape index (κ2) is 10.1. The van der Waals surface area contributed by atoms with Crippen molar-refractivity contribution in [1.82, 2.24) is 9.55 Å². The molecule has 0 aliphatic heterocycles. The maximum Gasteiger partial charge on any atom is 0.262 e. The Labute approximate surface area is 203 Å². The highest BCUT2D eigenvalue weighted by atomic mass is 32.2. The zero-order valence-corrected chi connectivity index (χ0v) is 20.4. The van der Waals surface area contributed by atoms with E-state index in [0.29, 0.717) is 27.5 Å². The molecule has 4 aromatic rings. The maximum atomic E-state index is 13.6. The SMILES string of the molecule is COc1ccc(C)cc1NC(=O)C(Sc1nc2ccccc2c(=O)n1C(C)C)c1ccccc1. The van der Waals surface area contributed by atoms with E-state index in [1.807, 2.05) is 87.5 Å². The zero-order valence-electron chi connectivity index (χ0n) is 19.6. The quantitative estimate of drug-likeness (QED) is 0.273. The van der Waals surface area contributed by atoms with Gasteiger partial charge >= 0.3 is 0 Å². The van der Waals surface area contributed by atoms with Gasteiger partial charge in [-0.15, -0.1) is 0 Å². The van der Waals surface area contributed by atoms with E-state index in [2.05, 4.69) is 5.32 Å². The lowest BCUT2D eigenvalue weighted by molar-refractivity contribution is -0.115. The number of nitrogens with zero attached hydrogens (tertiary/aromatic N) is 2. The molecule has 1 heterocycles. The Hall–Kier alpha value is -3.58. The van der Waals surface area contributed by atoms with Crippen molar-refractivity contribution in [3.05, 3.63) is 94.3 Å². The summed E-state index contributed by atoms with van der Waals surface area (Å²) in [5, 5.41) is 3.45. The van der Waals surface area contributed by atoms with Crippen LogP contribution in [0.25, 0.3) is 10.9 Å². The molecule has 0 spiro atoms. The topological polar surface area (TPSA) is 73.2 Å². The minimum Gasteiger partial charge on any atom is -0.495 e. The summed E-state index contributed by atoms with van der Waals surface area (Å²) in [6, 6.07) is 22.3. The van der Waals surface area contributed by atoms with E-state index in [1.165, 1.54) is 11.8 Å². The van der Waals surface area contributed by atoms with Crippen LogP contribution < -0.4 is 15.6 Å². The smallest absolute Gasteiger partial charge is 0.262 e. The largest absolute Gasteiger partial charge is 0.495 e. The van der Waals surface area contributed by atoms with Crippen LogP contribution in [0.1, 0.15) is 36.3 Å². The zero-order chi connectivity index (χ0) is 24.2. The average molecular weight is 474 g/mol. The third-order valence-corrected chi connectivity index (χ3v) is 6.69. The van der Waals surface area contributed by atoms with E-state index in [-0.39, 0.29) is 17.5 Å². The highest BCUT2D eigenvalue weighted by molar-refractivity contribution is 8.00. The molecule has 6 nitrogen and oxygen atoms in total. The van der Waals surface area contributed by atoms with Gasteiger partial charge in [0.2, 0.25) is 5.91 Å². The molecule has 1 atom stereocenters. The molecule has 0 saturated heterocycles. The summed E-state index contributed by atoms with van der Waals surface area (Å²) in [6.45, 7) is 5.84. The van der Waals surface area contributed by atoms with Crippen molar-refractivity contribution in [2.24, 2.45) is 0 Å². The minimum absolute atomic E-state index is 0.115. The van der Waals surface area contributed by atoms with Gasteiger partial charge in [-0.05, 0) is 56.2 Å². The van der Waals surface area contributed by atoms with Crippen LogP contribution in [0.3, 0.4) is 0 Å². The van der Waals surface area contributed by atoms with Gasteiger partial charge < -0.3 is 10.1 Å². The number of para-hydroxylation sites is 1. The molecule has 1 aromatic heterocycles. The predicted octanol–water partition coefficient (Wildman–Crippen LogP) is 5.77. The van der Waals surface area contributed by atoms with E-state index in [9.17, 15) is 9.59 Å². The fraction of sp³-hybridized carbons (Fsp3) is 0.222. The number of nitrogens with one attached hydrogen (secondary N) is 1. The van der Waals surface area contributed by atoms with Crippen LogP contribution in [0.15, 0.2) is 82.7 Å². The molecular weight excluding hydrogens is 446 g/mol. The first-order valence-corrected chi connectivity index (χ1v) is 12.0. The van der Waals surface area contributed by atoms with Gasteiger partial charge in [-0.2, -0.15) is 0 Å². The first-order valence-electron chi connectivity index (χ1n) is 11.1. The Morgan fingerprint density at radius 2 is 1.74 bits per heavy atom. The summed E-state index contributed by atoms with van der Waals surface area (Å²) in [5.41, 5.74) is 2.91. The fourth-order valence-electron chi connectivity index (χ4n) is 3.79. The fourth-order valence-corrected chi connectivity index (χ4v) is 5.02. The highest BCUT2D eigenvalue weighted by Crippen LogP contribution is 2.37. The molecule has 0 bridgehead atoms. The number of anilines is 1. The summed E-state index contributed by atoms with van der Waals surface area (Å²) in [4.78, 5) is 31.7. The Balaban J connectivity index is 1.79. The van der Waals surface area contributed by atoms with Gasteiger partial charge in [-0.25, -0.2) is 4.98 Å². The highest BCUT2D eigenvalue weighted by Gasteiger charge is 2.26. The molecule has 0 saturated carbocycles. The van der Waals surface area contributed by atoms with Crippen molar-refractivity contribution in [2.75, 3.05) is 12.4 Å². The Morgan fingerprint density at radius 3 is 2.44 bits per heavy atom. The number of aromatic nitrogens is 2. The second-order valence-electron chi connectivity index (χ2n) is 8.28. The van der Waals surface area contributed by atoms with Crippen molar-refractivity contribution in [3.63, 3.8) is 0 Å². The van der Waals surface area contributed by atoms with Gasteiger partial charge in [-0.3, -0.25) is 14.2 Å². The van der Waals surface area contributed by atoms with E-state index in [1.54, 1.807) is 17.7 Å². The standard InChI is InChI=1S/C27H27N3O3S/c1-17(2)30-26(32)20-12-8-9-13-21(20)29-27(30)34-24(19-10-6-5-7-11-19)25(31)28-22-16-18(3)14-15-23(22)33-4/h5-17,24H,1-4H3,(H,28,31). The number of aryl methyl sites for hydroxylation is 1. The molecular formula is C27H27N3O3S. The van der Waals surface area contributed by atoms with Crippen molar-refractivity contribution in [3.8, 4) is 5.75 Å². The van der Waals surface area contributed by atoms with Crippen molar-refractivity contribution >= 4 is 34.3 Å². The van der Waals surface area contributed by atoms with E-state index >= 15 is 0 Å².